The number of hydrogen-bond acceptors (Lipinski definition) is 2. The van der Waals surface area contributed by atoms with E-state index in [1.165, 1.54) is 18.5 Å². The molecule has 0 saturated carbocycles. The van der Waals surface area contributed by atoms with Crippen LogP contribution < -0.4 is 5.01 Å². The lowest BCUT2D eigenvalue weighted by Gasteiger charge is -2.30. The second-order valence-corrected chi connectivity index (χ2v) is 6.49. The third kappa shape index (κ3) is 3.61. The van der Waals surface area contributed by atoms with Crippen LogP contribution in [-0.2, 0) is 11.8 Å². The predicted octanol–water partition coefficient (Wildman–Crippen LogP) is 5.70. The summed E-state index contributed by atoms with van der Waals surface area (Å²) in [5.74, 6) is -11.9. The largest absolute Gasteiger partial charge is 0.458 e. The molecule has 0 bridgehead atoms. The molecule has 3 nitrogen and oxygen atoms in total. The molecule has 1 heterocycles. The Labute approximate surface area is 164 Å². The highest BCUT2D eigenvalue weighted by molar-refractivity contribution is 14.1. The Kier molecular flexibility index (Phi) is 5.59. The average molecular weight is 535 g/mol. The molecule has 0 atom stereocenters. The van der Waals surface area contributed by atoms with Crippen molar-refractivity contribution in [3.05, 3.63) is 45.3 Å². The molecule has 0 amide bonds. The van der Waals surface area contributed by atoms with Crippen LogP contribution in [0.15, 0.2) is 30.6 Å². The molecule has 1 aromatic carbocycles. The second kappa shape index (κ2) is 6.95. The number of halogens is 11. The summed E-state index contributed by atoms with van der Waals surface area (Å²) in [6, 6.07) is 1.84. The summed E-state index contributed by atoms with van der Waals surface area (Å²) in [5, 5.41) is 4.58. The van der Waals surface area contributed by atoms with Crippen molar-refractivity contribution in [2.24, 2.45) is 0 Å². The number of aromatic nitrogens is 2. The lowest BCUT2D eigenvalue weighted by molar-refractivity contribution is -0.302. The van der Waals surface area contributed by atoms with Gasteiger partial charge >= 0.3 is 24.2 Å². The molecular weight excluding hydrogens is 527 g/mol. The van der Waals surface area contributed by atoms with Crippen molar-refractivity contribution in [1.29, 1.82) is 0 Å². The Balaban J connectivity index is 2.84. The first-order valence-corrected chi connectivity index (χ1v) is 8.07. The van der Waals surface area contributed by atoms with Crippen LogP contribution in [0.1, 0.15) is 11.1 Å². The Hall–Kier alpha value is -1.74. The number of alkyl halides is 10. The molecule has 156 valence electrons. The fourth-order valence-corrected chi connectivity index (χ4v) is 3.38. The van der Waals surface area contributed by atoms with Crippen molar-refractivity contribution in [2.75, 3.05) is 12.1 Å². The zero-order valence-corrected chi connectivity index (χ0v) is 15.5. The molecule has 0 fully saturated rings. The van der Waals surface area contributed by atoms with E-state index in [4.69, 9.17) is 0 Å². The van der Waals surface area contributed by atoms with Crippen LogP contribution in [-0.4, -0.2) is 29.3 Å². The lowest BCUT2D eigenvalue weighted by Crippen LogP contribution is -2.41. The molecule has 1 aromatic heterocycles. The van der Waals surface area contributed by atoms with Crippen LogP contribution in [0.4, 0.5) is 49.6 Å². The van der Waals surface area contributed by atoms with E-state index in [0.29, 0.717) is 6.07 Å². The highest BCUT2D eigenvalue weighted by Crippen LogP contribution is 2.54. The van der Waals surface area contributed by atoms with Gasteiger partial charge in [-0.25, -0.2) is 0 Å². The summed E-state index contributed by atoms with van der Waals surface area (Å²) in [7, 11) is 1.14. The molecule has 0 saturated heterocycles. The molecule has 0 aliphatic carbocycles. The summed E-state index contributed by atoms with van der Waals surface area (Å²) in [5.41, 5.74) is -5.45. The molecular formula is C14H8F10IN3. The smallest absolute Gasteiger partial charge is 0.267 e. The highest BCUT2D eigenvalue weighted by Gasteiger charge is 2.66. The van der Waals surface area contributed by atoms with E-state index in [-0.39, 0.29) is 6.07 Å². The molecule has 28 heavy (non-hydrogen) atoms. The average Bonchev–Trinajstić information content (AvgIpc) is 3.05. The maximum Gasteiger partial charge on any atom is 0.458 e. The van der Waals surface area contributed by atoms with Gasteiger partial charge in [0.2, 0.25) is 0 Å². The number of rotatable bonds is 4. The zero-order chi connectivity index (χ0) is 21.7. The second-order valence-electron chi connectivity index (χ2n) is 5.42. The lowest BCUT2D eigenvalue weighted by atomic mass is 9.95. The van der Waals surface area contributed by atoms with E-state index in [0.717, 1.165) is 39.4 Å². The summed E-state index contributed by atoms with van der Waals surface area (Å²) >= 11 is 0.877. The maximum atomic E-state index is 14.0. The third-order valence-electron chi connectivity index (χ3n) is 3.63. The Morgan fingerprint density at radius 2 is 1.43 bits per heavy atom. The first-order chi connectivity index (χ1) is 12.5. The summed E-state index contributed by atoms with van der Waals surface area (Å²) in [4.78, 5) is 0.953. The Morgan fingerprint density at radius 3 is 1.86 bits per heavy atom. The minimum Gasteiger partial charge on any atom is -0.267 e. The van der Waals surface area contributed by atoms with Crippen molar-refractivity contribution in [1.82, 2.24) is 9.89 Å². The maximum absolute atomic E-state index is 14.0. The summed E-state index contributed by atoms with van der Waals surface area (Å²) in [6.45, 7) is 0. The number of benzene rings is 1. The molecule has 0 radical (unpaired) electrons. The van der Waals surface area contributed by atoms with Gasteiger partial charge in [0.1, 0.15) is 0 Å². The van der Waals surface area contributed by atoms with Gasteiger partial charge in [0.15, 0.2) is 0 Å². The molecule has 0 aliphatic heterocycles. The SMILES string of the molecule is CN(c1ccc(C(F)(F)C(F)(F)F)c(C(F)(F)C(F)(F)F)c1I)n1cccn1. The predicted molar refractivity (Wildman–Crippen MR) is 85.1 cm³/mol. The monoisotopic (exact) mass is 535 g/mol. The number of hydrogen-bond donors (Lipinski definition) is 0. The third-order valence-corrected chi connectivity index (χ3v) is 4.72. The molecule has 0 spiro atoms. The minimum atomic E-state index is -6.41. The van der Waals surface area contributed by atoms with Crippen LogP contribution in [0, 0.1) is 3.57 Å². The standard InChI is InChI=1S/C14H8F10IN3/c1-27(28-6-2-5-26-28)8-4-3-7(11(15,16)13(19,20)21)9(10(8)25)12(17,18)14(22,23)24/h2-6H,1H3. The topological polar surface area (TPSA) is 21.1 Å². The minimum absolute atomic E-state index is 0.0973. The van der Waals surface area contributed by atoms with Crippen LogP contribution in [0.2, 0.25) is 0 Å². The van der Waals surface area contributed by atoms with Gasteiger partial charge in [-0.15, -0.1) is 0 Å². The molecule has 2 aromatic rings. The normalized spacial score (nSPS) is 13.7. The van der Waals surface area contributed by atoms with E-state index < -0.39 is 44.6 Å². The van der Waals surface area contributed by atoms with E-state index in [1.807, 2.05) is 0 Å². The van der Waals surface area contributed by atoms with Crippen LogP contribution >= 0.6 is 22.6 Å². The van der Waals surface area contributed by atoms with Gasteiger partial charge in [-0.3, -0.25) is 5.01 Å². The molecule has 14 heteroatoms. The van der Waals surface area contributed by atoms with Gasteiger partial charge in [0, 0.05) is 22.4 Å². The van der Waals surface area contributed by atoms with Crippen LogP contribution in [0.25, 0.3) is 0 Å². The van der Waals surface area contributed by atoms with E-state index >= 15 is 0 Å². The van der Waals surface area contributed by atoms with Crippen LogP contribution in [0.5, 0.6) is 0 Å². The Morgan fingerprint density at radius 1 is 0.893 bits per heavy atom. The molecule has 2 rings (SSSR count). The summed E-state index contributed by atoms with van der Waals surface area (Å²) in [6.07, 6.45) is -10.3. The van der Waals surface area contributed by atoms with Gasteiger partial charge in [-0.2, -0.15) is 53.8 Å². The number of anilines is 1. The quantitative estimate of drug-likeness (QED) is 0.371. The molecule has 0 unspecified atom stereocenters. The highest BCUT2D eigenvalue weighted by atomic mass is 127. The van der Waals surface area contributed by atoms with Crippen LogP contribution in [0.3, 0.4) is 0 Å². The number of nitrogens with zero attached hydrogens (tertiary/aromatic N) is 3. The van der Waals surface area contributed by atoms with Gasteiger partial charge in [-0.1, -0.05) is 0 Å². The first kappa shape index (κ1) is 22.5. The van der Waals surface area contributed by atoms with Gasteiger partial charge in [0.05, 0.1) is 17.4 Å². The van der Waals surface area contributed by atoms with E-state index in [9.17, 15) is 43.9 Å². The fourth-order valence-electron chi connectivity index (χ4n) is 2.23. The molecule has 0 aliphatic rings. The van der Waals surface area contributed by atoms with E-state index in [1.54, 1.807) is 0 Å². The van der Waals surface area contributed by atoms with Crippen molar-refractivity contribution in [3.63, 3.8) is 0 Å². The van der Waals surface area contributed by atoms with Crippen molar-refractivity contribution < 1.29 is 43.9 Å². The summed E-state index contributed by atoms with van der Waals surface area (Å²) < 4.78 is 131. The van der Waals surface area contributed by atoms with Gasteiger partial charge < -0.3 is 0 Å². The zero-order valence-electron chi connectivity index (χ0n) is 13.4. The van der Waals surface area contributed by atoms with Crippen molar-refractivity contribution in [3.8, 4) is 0 Å². The Bertz CT molecular complexity index is 842. The van der Waals surface area contributed by atoms with Crippen molar-refractivity contribution >= 4 is 28.3 Å². The fraction of sp³-hybridized carbons (Fsp3) is 0.357. The van der Waals surface area contributed by atoms with Crippen molar-refractivity contribution in [2.45, 2.75) is 24.2 Å². The van der Waals surface area contributed by atoms with Gasteiger partial charge in [0.25, 0.3) is 0 Å². The first-order valence-electron chi connectivity index (χ1n) is 6.99. The van der Waals surface area contributed by atoms with E-state index in [2.05, 4.69) is 5.10 Å². The molecule has 0 N–H and O–H groups in total. The van der Waals surface area contributed by atoms with Gasteiger partial charge in [-0.05, 0) is 40.8 Å².